The van der Waals surface area contributed by atoms with Crippen molar-refractivity contribution in [3.8, 4) is 5.75 Å². The third-order valence-corrected chi connectivity index (χ3v) is 2.65. The van der Waals surface area contributed by atoms with E-state index in [-0.39, 0.29) is 12.8 Å². The molecule has 3 nitrogen and oxygen atoms in total. The maximum absolute atomic E-state index is 12.8. The molecule has 17 heavy (non-hydrogen) atoms. The summed E-state index contributed by atoms with van der Waals surface area (Å²) in [6.45, 7) is 6.57. The molecule has 0 aromatic heterocycles. The maximum atomic E-state index is 12.8. The molecule has 1 aromatic carbocycles. The fourth-order valence-electron chi connectivity index (χ4n) is 1.70. The first-order valence-electron chi connectivity index (χ1n) is 5.68. The van der Waals surface area contributed by atoms with Gasteiger partial charge in [-0.15, -0.1) is 0 Å². The second kappa shape index (κ2) is 5.29. The van der Waals surface area contributed by atoms with Crippen molar-refractivity contribution in [1.82, 2.24) is 10.6 Å². The minimum absolute atomic E-state index is 0.192. The molecule has 2 rings (SSSR count). The first-order chi connectivity index (χ1) is 8.15. The smallest absolute Gasteiger partial charge is 0.164 e. The Kier molecular flexibility index (Phi) is 3.76. The molecule has 4 heteroatoms. The van der Waals surface area contributed by atoms with Crippen LogP contribution in [-0.2, 0) is 0 Å². The largest absolute Gasteiger partial charge is 0.474 e. The van der Waals surface area contributed by atoms with Crippen molar-refractivity contribution in [3.63, 3.8) is 0 Å². The van der Waals surface area contributed by atoms with E-state index >= 15 is 0 Å². The predicted molar refractivity (Wildman–Crippen MR) is 66.5 cm³/mol. The molecule has 2 unspecified atom stereocenters. The van der Waals surface area contributed by atoms with E-state index in [1.165, 1.54) is 0 Å². The summed E-state index contributed by atoms with van der Waals surface area (Å²) in [5.41, 5.74) is 2.05. The summed E-state index contributed by atoms with van der Waals surface area (Å²) in [4.78, 5) is 0. The molecule has 2 atom stereocenters. The lowest BCUT2D eigenvalue weighted by Gasteiger charge is -2.27. The molecule has 0 spiro atoms. The van der Waals surface area contributed by atoms with Crippen molar-refractivity contribution in [2.45, 2.75) is 19.4 Å². The van der Waals surface area contributed by atoms with Crippen LogP contribution in [0.4, 0.5) is 4.39 Å². The van der Waals surface area contributed by atoms with Gasteiger partial charge in [0.2, 0.25) is 0 Å². The number of hydrogen-bond acceptors (Lipinski definition) is 3. The van der Waals surface area contributed by atoms with Gasteiger partial charge in [-0.05, 0) is 24.6 Å². The monoisotopic (exact) mass is 236 g/mol. The first kappa shape index (κ1) is 12.1. The number of piperazine rings is 1. The van der Waals surface area contributed by atoms with Crippen LogP contribution in [0.3, 0.4) is 0 Å². The lowest BCUT2D eigenvalue weighted by molar-refractivity contribution is 0.0943. The van der Waals surface area contributed by atoms with E-state index < -0.39 is 6.30 Å². The van der Waals surface area contributed by atoms with E-state index in [1.807, 2.05) is 31.2 Å². The minimum atomic E-state index is -0.989. The normalized spacial score (nSPS) is 24.4. The standard InChI is InChI=1S/C13H17FN2O/c1-9(2)10-4-3-5-11(6-10)17-13-8-15-12(14)7-16-13/h3-6,12-13,15-16H,1,7-8H2,2H3. The van der Waals surface area contributed by atoms with Crippen LogP contribution >= 0.6 is 0 Å². The first-order valence-corrected chi connectivity index (χ1v) is 5.68. The van der Waals surface area contributed by atoms with Crippen LogP contribution < -0.4 is 15.4 Å². The van der Waals surface area contributed by atoms with Gasteiger partial charge in [0.25, 0.3) is 0 Å². The van der Waals surface area contributed by atoms with Gasteiger partial charge >= 0.3 is 0 Å². The van der Waals surface area contributed by atoms with Crippen molar-refractivity contribution < 1.29 is 9.13 Å². The SMILES string of the molecule is C=C(C)c1cccc(OC2CNC(F)CN2)c1. The van der Waals surface area contributed by atoms with Gasteiger partial charge in [-0.2, -0.15) is 0 Å². The molecule has 1 fully saturated rings. The van der Waals surface area contributed by atoms with Crippen LogP contribution in [0.1, 0.15) is 12.5 Å². The van der Waals surface area contributed by atoms with E-state index in [1.54, 1.807) is 0 Å². The fourth-order valence-corrected chi connectivity index (χ4v) is 1.70. The van der Waals surface area contributed by atoms with Gasteiger partial charge in [0.1, 0.15) is 5.75 Å². The molecule has 0 radical (unpaired) electrons. The zero-order valence-corrected chi connectivity index (χ0v) is 9.87. The Morgan fingerprint density at radius 2 is 2.24 bits per heavy atom. The highest BCUT2D eigenvalue weighted by Gasteiger charge is 2.19. The second-order valence-electron chi connectivity index (χ2n) is 4.20. The summed E-state index contributed by atoms with van der Waals surface area (Å²) in [5.74, 6) is 0.766. The Morgan fingerprint density at radius 3 is 2.88 bits per heavy atom. The average molecular weight is 236 g/mol. The Balaban J connectivity index is 1.98. The molecular formula is C13H17FN2O. The highest BCUT2D eigenvalue weighted by molar-refractivity contribution is 5.62. The average Bonchev–Trinajstić information content (AvgIpc) is 2.32. The highest BCUT2D eigenvalue weighted by Crippen LogP contribution is 2.19. The van der Waals surface area contributed by atoms with Crippen LogP contribution in [-0.4, -0.2) is 25.6 Å². The topological polar surface area (TPSA) is 33.3 Å². The van der Waals surface area contributed by atoms with Gasteiger partial charge in [-0.3, -0.25) is 10.6 Å². The lowest BCUT2D eigenvalue weighted by Crippen LogP contribution is -2.54. The molecule has 0 aliphatic carbocycles. The van der Waals surface area contributed by atoms with Crippen molar-refractivity contribution in [2.24, 2.45) is 0 Å². The Labute approximate surface area is 101 Å². The molecule has 1 aliphatic heterocycles. The molecule has 0 bridgehead atoms. The number of rotatable bonds is 3. The van der Waals surface area contributed by atoms with Crippen LogP contribution in [0, 0.1) is 0 Å². The summed E-state index contributed by atoms with van der Waals surface area (Å²) >= 11 is 0. The van der Waals surface area contributed by atoms with Gasteiger partial charge in [0.15, 0.2) is 12.5 Å². The van der Waals surface area contributed by atoms with Gasteiger partial charge in [0, 0.05) is 13.1 Å². The number of hydrogen-bond donors (Lipinski definition) is 2. The summed E-state index contributed by atoms with van der Waals surface area (Å²) in [6, 6.07) is 7.73. The Morgan fingerprint density at radius 1 is 1.41 bits per heavy atom. The molecule has 1 aliphatic rings. The number of allylic oxidation sites excluding steroid dienone is 1. The Hall–Kier alpha value is -1.39. The molecule has 92 valence electrons. The third-order valence-electron chi connectivity index (χ3n) is 2.65. The zero-order chi connectivity index (χ0) is 12.3. The van der Waals surface area contributed by atoms with E-state index in [2.05, 4.69) is 17.2 Å². The van der Waals surface area contributed by atoms with E-state index in [9.17, 15) is 4.39 Å². The maximum Gasteiger partial charge on any atom is 0.164 e. The minimum Gasteiger partial charge on any atom is -0.474 e. The summed E-state index contributed by atoms with van der Waals surface area (Å²) in [5, 5.41) is 5.70. The number of benzene rings is 1. The van der Waals surface area contributed by atoms with Crippen molar-refractivity contribution in [3.05, 3.63) is 36.4 Å². The second-order valence-corrected chi connectivity index (χ2v) is 4.20. The van der Waals surface area contributed by atoms with Gasteiger partial charge in [0.05, 0.1) is 0 Å². The summed E-state index contributed by atoms with van der Waals surface area (Å²) < 4.78 is 18.5. The summed E-state index contributed by atoms with van der Waals surface area (Å²) in [6.07, 6.45) is -1.18. The van der Waals surface area contributed by atoms with E-state index in [0.717, 1.165) is 16.9 Å². The lowest BCUT2D eigenvalue weighted by atomic mass is 10.1. The zero-order valence-electron chi connectivity index (χ0n) is 9.87. The van der Waals surface area contributed by atoms with E-state index in [0.29, 0.717) is 6.54 Å². The van der Waals surface area contributed by atoms with Gasteiger partial charge in [-0.25, -0.2) is 4.39 Å². The van der Waals surface area contributed by atoms with Crippen LogP contribution in [0.5, 0.6) is 5.75 Å². The number of ether oxygens (including phenoxy) is 1. The molecule has 2 N–H and O–H groups in total. The molecule has 1 heterocycles. The summed E-state index contributed by atoms with van der Waals surface area (Å²) in [7, 11) is 0. The van der Waals surface area contributed by atoms with E-state index in [4.69, 9.17) is 4.74 Å². The van der Waals surface area contributed by atoms with Crippen LogP contribution in [0.2, 0.25) is 0 Å². The quantitative estimate of drug-likeness (QED) is 0.787. The third kappa shape index (κ3) is 3.28. The number of nitrogens with one attached hydrogen (secondary N) is 2. The predicted octanol–water partition coefficient (Wildman–Crippen LogP) is 1.91. The molecular weight excluding hydrogens is 219 g/mol. The van der Waals surface area contributed by atoms with Crippen LogP contribution in [0.15, 0.2) is 30.8 Å². The highest BCUT2D eigenvalue weighted by atomic mass is 19.1. The number of alkyl halides is 1. The fraction of sp³-hybridized carbons (Fsp3) is 0.385. The molecule has 0 amide bonds. The van der Waals surface area contributed by atoms with Crippen molar-refractivity contribution >= 4 is 5.57 Å². The van der Waals surface area contributed by atoms with Gasteiger partial charge < -0.3 is 4.74 Å². The van der Waals surface area contributed by atoms with Crippen molar-refractivity contribution in [2.75, 3.05) is 13.1 Å². The Bertz CT molecular complexity index is 400. The molecule has 1 aromatic rings. The van der Waals surface area contributed by atoms with Crippen LogP contribution in [0.25, 0.3) is 5.57 Å². The van der Waals surface area contributed by atoms with Crippen molar-refractivity contribution in [1.29, 1.82) is 0 Å². The molecule has 1 saturated heterocycles. The molecule has 0 saturated carbocycles. The number of halogens is 1. The van der Waals surface area contributed by atoms with Gasteiger partial charge in [-0.1, -0.05) is 24.3 Å².